The highest BCUT2D eigenvalue weighted by Gasteiger charge is 2.22. The van der Waals surface area contributed by atoms with Crippen LogP contribution < -0.4 is 5.32 Å². The van der Waals surface area contributed by atoms with Crippen molar-refractivity contribution in [3.05, 3.63) is 65.4 Å². The number of para-hydroxylation sites is 1. The number of hydrogen-bond donors (Lipinski definition) is 2. The Balaban J connectivity index is 1.87. The van der Waals surface area contributed by atoms with Gasteiger partial charge in [0, 0.05) is 34.9 Å². The molecule has 0 saturated heterocycles. The fourth-order valence-corrected chi connectivity index (χ4v) is 3.08. The van der Waals surface area contributed by atoms with Gasteiger partial charge in [-0.1, -0.05) is 30.3 Å². The second-order valence-electron chi connectivity index (χ2n) is 5.21. The van der Waals surface area contributed by atoms with Crippen LogP contribution in [-0.4, -0.2) is 11.5 Å². The molecular weight excluding hydrogens is 251 g/mol. The Hall–Kier alpha value is -2.29. The van der Waals surface area contributed by atoms with Crippen molar-refractivity contribution in [1.29, 1.82) is 0 Å². The Morgan fingerprint density at radius 1 is 1.00 bits per heavy atom. The number of fused-ring (bicyclic) bond motifs is 2. The molecule has 1 aliphatic heterocycles. The van der Waals surface area contributed by atoms with Crippen LogP contribution >= 0.6 is 0 Å². The summed E-state index contributed by atoms with van der Waals surface area (Å²) in [5, 5.41) is 4.27. The molecule has 1 aliphatic rings. The van der Waals surface area contributed by atoms with E-state index in [2.05, 4.69) is 16.4 Å². The van der Waals surface area contributed by atoms with Crippen LogP contribution in [-0.2, 0) is 6.42 Å². The number of hydrogen-bond acceptors (Lipinski definition) is 1. The van der Waals surface area contributed by atoms with Crippen molar-refractivity contribution < 1.29 is 4.39 Å². The fraction of sp³-hybridized carbons (Fsp3) is 0.176. The lowest BCUT2D eigenvalue weighted by atomic mass is 9.96. The molecule has 0 saturated carbocycles. The van der Waals surface area contributed by atoms with Crippen molar-refractivity contribution >= 4 is 16.6 Å². The third kappa shape index (κ3) is 1.63. The van der Waals surface area contributed by atoms with Crippen molar-refractivity contribution in [3.8, 4) is 0 Å². The van der Waals surface area contributed by atoms with Crippen LogP contribution in [0.5, 0.6) is 0 Å². The number of nitrogens with one attached hydrogen (secondary N) is 2. The first-order valence-corrected chi connectivity index (χ1v) is 6.90. The van der Waals surface area contributed by atoms with Gasteiger partial charge in [0.05, 0.1) is 0 Å². The van der Waals surface area contributed by atoms with Gasteiger partial charge < -0.3 is 10.3 Å². The first kappa shape index (κ1) is 11.5. The molecule has 2 aromatic carbocycles. The Morgan fingerprint density at radius 3 is 2.80 bits per heavy atom. The van der Waals surface area contributed by atoms with E-state index in [4.69, 9.17) is 0 Å². The van der Waals surface area contributed by atoms with Crippen LogP contribution in [0.3, 0.4) is 0 Å². The Kier molecular flexibility index (Phi) is 2.52. The summed E-state index contributed by atoms with van der Waals surface area (Å²) in [6, 6.07) is 13.6. The standard InChI is InChI=1S/C17H15FN2/c18-16(13-4-2-6-15-12(13)8-10-19-15)14-5-1-3-11-7-9-20-17(11)14/h1-6,8,10,16,19-20H,7,9H2. The molecule has 2 nitrogen and oxygen atoms in total. The minimum absolute atomic E-state index is 0.728. The lowest BCUT2D eigenvalue weighted by Crippen LogP contribution is -2.00. The minimum Gasteiger partial charge on any atom is -0.384 e. The summed E-state index contributed by atoms with van der Waals surface area (Å²) in [6.45, 7) is 0.896. The number of H-pyrrole nitrogens is 1. The topological polar surface area (TPSA) is 27.8 Å². The van der Waals surface area contributed by atoms with E-state index >= 15 is 4.39 Å². The minimum atomic E-state index is -1.10. The highest BCUT2D eigenvalue weighted by atomic mass is 19.1. The Morgan fingerprint density at radius 2 is 1.85 bits per heavy atom. The average Bonchev–Trinajstić information content (AvgIpc) is 3.13. The number of aromatic nitrogens is 1. The quantitative estimate of drug-likeness (QED) is 0.715. The van der Waals surface area contributed by atoms with Gasteiger partial charge in [-0.15, -0.1) is 0 Å². The summed E-state index contributed by atoms with van der Waals surface area (Å²) in [5.74, 6) is 0. The summed E-state index contributed by atoms with van der Waals surface area (Å²) >= 11 is 0. The largest absolute Gasteiger partial charge is 0.384 e. The van der Waals surface area contributed by atoms with Crippen LogP contribution in [0.2, 0.25) is 0 Å². The van der Waals surface area contributed by atoms with Crippen molar-refractivity contribution in [3.63, 3.8) is 0 Å². The van der Waals surface area contributed by atoms with E-state index in [0.29, 0.717) is 0 Å². The lowest BCUT2D eigenvalue weighted by Gasteiger charge is -2.14. The molecule has 1 atom stereocenters. The van der Waals surface area contributed by atoms with Gasteiger partial charge in [0.2, 0.25) is 0 Å². The van der Waals surface area contributed by atoms with Crippen molar-refractivity contribution in [1.82, 2.24) is 4.98 Å². The molecule has 2 N–H and O–H groups in total. The van der Waals surface area contributed by atoms with E-state index in [9.17, 15) is 0 Å². The molecule has 1 unspecified atom stereocenters. The van der Waals surface area contributed by atoms with Crippen LogP contribution in [0.4, 0.5) is 10.1 Å². The third-order valence-corrected chi connectivity index (χ3v) is 4.05. The number of aromatic amines is 1. The van der Waals surface area contributed by atoms with Crippen molar-refractivity contribution in [2.24, 2.45) is 0 Å². The molecular formula is C17H15FN2. The maximum atomic E-state index is 15.1. The van der Waals surface area contributed by atoms with Gasteiger partial charge in [-0.2, -0.15) is 0 Å². The molecule has 3 heteroatoms. The van der Waals surface area contributed by atoms with Crippen LogP contribution in [0, 0.1) is 0 Å². The number of halogens is 1. The molecule has 20 heavy (non-hydrogen) atoms. The summed E-state index contributed by atoms with van der Waals surface area (Å²) in [5.41, 5.74) is 4.64. The van der Waals surface area contributed by atoms with Gasteiger partial charge in [-0.25, -0.2) is 4.39 Å². The van der Waals surface area contributed by atoms with Crippen LogP contribution in [0.25, 0.3) is 10.9 Å². The SMILES string of the molecule is FC(c1cccc2c1NCC2)c1cccc2[nH]ccc12. The maximum Gasteiger partial charge on any atom is 0.153 e. The maximum absolute atomic E-state index is 15.1. The van der Waals surface area contributed by atoms with E-state index in [-0.39, 0.29) is 0 Å². The van der Waals surface area contributed by atoms with Crippen molar-refractivity contribution in [2.45, 2.75) is 12.6 Å². The molecule has 2 heterocycles. The smallest absolute Gasteiger partial charge is 0.153 e. The van der Waals surface area contributed by atoms with E-state index in [0.717, 1.165) is 40.7 Å². The first-order chi connectivity index (χ1) is 9.84. The molecule has 0 fully saturated rings. The normalized spacial score (nSPS) is 15.1. The van der Waals surface area contributed by atoms with Crippen LogP contribution in [0.15, 0.2) is 48.7 Å². The monoisotopic (exact) mass is 266 g/mol. The molecule has 0 spiro atoms. The van der Waals surface area contributed by atoms with Gasteiger partial charge >= 0.3 is 0 Å². The zero-order valence-electron chi connectivity index (χ0n) is 11.0. The average molecular weight is 266 g/mol. The number of anilines is 1. The fourth-order valence-electron chi connectivity index (χ4n) is 3.08. The van der Waals surface area contributed by atoms with Gasteiger partial charge in [-0.05, 0) is 29.7 Å². The number of alkyl halides is 1. The molecule has 4 rings (SSSR count). The molecule has 0 amide bonds. The van der Waals surface area contributed by atoms with Crippen LogP contribution in [0.1, 0.15) is 22.9 Å². The van der Waals surface area contributed by atoms with E-state index < -0.39 is 6.17 Å². The van der Waals surface area contributed by atoms with Crippen molar-refractivity contribution in [2.75, 3.05) is 11.9 Å². The highest BCUT2D eigenvalue weighted by Crippen LogP contribution is 2.38. The highest BCUT2D eigenvalue weighted by molar-refractivity contribution is 5.84. The summed E-state index contributed by atoms with van der Waals surface area (Å²) in [6.07, 6.45) is 1.73. The molecule has 0 aliphatic carbocycles. The van der Waals surface area contributed by atoms with E-state index in [1.54, 1.807) is 0 Å². The van der Waals surface area contributed by atoms with Gasteiger partial charge in [-0.3, -0.25) is 0 Å². The molecule has 0 bridgehead atoms. The first-order valence-electron chi connectivity index (χ1n) is 6.90. The summed E-state index contributed by atoms with van der Waals surface area (Å²) in [4.78, 5) is 3.14. The molecule has 0 radical (unpaired) electrons. The summed E-state index contributed by atoms with van der Waals surface area (Å²) < 4.78 is 15.1. The summed E-state index contributed by atoms with van der Waals surface area (Å²) in [7, 11) is 0. The zero-order chi connectivity index (χ0) is 13.5. The van der Waals surface area contributed by atoms with Gasteiger partial charge in [0.25, 0.3) is 0 Å². The molecule has 3 aromatic rings. The van der Waals surface area contributed by atoms with Gasteiger partial charge in [0.1, 0.15) is 0 Å². The predicted molar refractivity (Wildman–Crippen MR) is 79.9 cm³/mol. The second-order valence-corrected chi connectivity index (χ2v) is 5.21. The van der Waals surface area contributed by atoms with E-state index in [1.807, 2.05) is 42.6 Å². The lowest BCUT2D eigenvalue weighted by molar-refractivity contribution is 0.405. The number of rotatable bonds is 2. The number of benzene rings is 2. The third-order valence-electron chi connectivity index (χ3n) is 4.05. The van der Waals surface area contributed by atoms with E-state index in [1.165, 1.54) is 5.56 Å². The zero-order valence-corrected chi connectivity index (χ0v) is 11.0. The Bertz CT molecular complexity index is 776. The van der Waals surface area contributed by atoms with Gasteiger partial charge in [0.15, 0.2) is 6.17 Å². The molecule has 100 valence electrons. The molecule has 1 aromatic heterocycles. The predicted octanol–water partition coefficient (Wildman–Crippen LogP) is 4.19. The Labute approximate surface area is 116 Å². The second kappa shape index (κ2) is 4.37.